The lowest BCUT2D eigenvalue weighted by atomic mass is 10.0. The largest absolute Gasteiger partial charge is 0.368 e. The third kappa shape index (κ3) is 3.81. The van der Waals surface area contributed by atoms with Gasteiger partial charge in [-0.25, -0.2) is 0 Å². The summed E-state index contributed by atoms with van der Waals surface area (Å²) in [6.45, 7) is 3.71. The zero-order valence-electron chi connectivity index (χ0n) is 12.3. The zero-order chi connectivity index (χ0) is 15.4. The number of carbonyl (C=O) groups excluding carboxylic acids is 2. The summed E-state index contributed by atoms with van der Waals surface area (Å²) in [5, 5.41) is 4.93. The molecule has 0 fully saturated rings. The van der Waals surface area contributed by atoms with Crippen molar-refractivity contribution in [1.29, 1.82) is 0 Å². The van der Waals surface area contributed by atoms with Crippen molar-refractivity contribution in [3.8, 4) is 0 Å². The summed E-state index contributed by atoms with van der Waals surface area (Å²) in [5.74, 6) is -0.720. The van der Waals surface area contributed by atoms with Crippen LogP contribution in [0.3, 0.4) is 0 Å². The maximum Gasteiger partial charge on any atom is 0.240 e. The Morgan fingerprint density at radius 3 is 2.38 bits per heavy atom. The van der Waals surface area contributed by atoms with Gasteiger partial charge in [-0.15, -0.1) is 0 Å². The molecule has 0 aliphatic heterocycles. The molecule has 0 saturated heterocycles. The lowest BCUT2D eigenvalue weighted by molar-refractivity contribution is -0.127. The van der Waals surface area contributed by atoms with Crippen LogP contribution in [0.5, 0.6) is 0 Å². The van der Waals surface area contributed by atoms with Crippen LogP contribution in [-0.4, -0.2) is 17.9 Å². The summed E-state index contributed by atoms with van der Waals surface area (Å²) < 4.78 is 0. The lowest BCUT2D eigenvalue weighted by Crippen LogP contribution is -2.48. The van der Waals surface area contributed by atoms with E-state index in [1.165, 1.54) is 0 Å². The van der Waals surface area contributed by atoms with Gasteiger partial charge in [0.1, 0.15) is 6.04 Å². The van der Waals surface area contributed by atoms with Gasteiger partial charge in [0.05, 0.1) is 6.42 Å². The highest BCUT2D eigenvalue weighted by atomic mass is 16.2. The van der Waals surface area contributed by atoms with E-state index in [4.69, 9.17) is 5.73 Å². The maximum atomic E-state index is 12.0. The molecule has 4 nitrogen and oxygen atoms in total. The van der Waals surface area contributed by atoms with E-state index in [0.717, 1.165) is 16.3 Å². The molecule has 0 aromatic heterocycles. The van der Waals surface area contributed by atoms with E-state index in [-0.39, 0.29) is 18.2 Å². The molecule has 0 radical (unpaired) electrons. The van der Waals surface area contributed by atoms with E-state index in [0.29, 0.717) is 0 Å². The molecule has 110 valence electrons. The van der Waals surface area contributed by atoms with Crippen molar-refractivity contribution in [3.63, 3.8) is 0 Å². The summed E-state index contributed by atoms with van der Waals surface area (Å²) in [4.78, 5) is 23.4. The van der Waals surface area contributed by atoms with Gasteiger partial charge in [-0.3, -0.25) is 9.59 Å². The highest BCUT2D eigenvalue weighted by Crippen LogP contribution is 2.16. The second-order valence-corrected chi connectivity index (χ2v) is 5.55. The van der Waals surface area contributed by atoms with Crippen LogP contribution >= 0.6 is 0 Å². The first-order chi connectivity index (χ1) is 9.97. The van der Waals surface area contributed by atoms with E-state index in [1.54, 1.807) is 0 Å². The molecule has 1 atom stereocenters. The number of fused-ring (bicyclic) bond motifs is 1. The molecular formula is C17H20N2O2. The molecule has 2 amide bonds. The predicted octanol–water partition coefficient (Wildman–Crippen LogP) is 2.01. The van der Waals surface area contributed by atoms with Crippen molar-refractivity contribution in [1.82, 2.24) is 5.32 Å². The number of hydrogen-bond acceptors (Lipinski definition) is 2. The molecule has 0 spiro atoms. The van der Waals surface area contributed by atoms with Gasteiger partial charge in [-0.2, -0.15) is 0 Å². The lowest BCUT2D eigenvalue weighted by Gasteiger charge is -2.18. The Morgan fingerprint density at radius 1 is 1.10 bits per heavy atom. The smallest absolute Gasteiger partial charge is 0.240 e. The molecule has 4 heteroatoms. The van der Waals surface area contributed by atoms with E-state index < -0.39 is 11.9 Å². The van der Waals surface area contributed by atoms with Crippen LogP contribution in [0.25, 0.3) is 10.8 Å². The molecule has 0 unspecified atom stereocenters. The minimum Gasteiger partial charge on any atom is -0.368 e. The van der Waals surface area contributed by atoms with Crippen molar-refractivity contribution >= 4 is 22.6 Å². The Morgan fingerprint density at radius 2 is 1.76 bits per heavy atom. The van der Waals surface area contributed by atoms with E-state index in [2.05, 4.69) is 5.32 Å². The molecule has 2 aromatic carbocycles. The summed E-state index contributed by atoms with van der Waals surface area (Å²) in [6, 6.07) is 13.3. The van der Waals surface area contributed by atoms with Crippen LogP contribution in [0, 0.1) is 5.92 Å². The monoisotopic (exact) mass is 284 g/mol. The Bertz CT molecular complexity index is 665. The summed E-state index contributed by atoms with van der Waals surface area (Å²) >= 11 is 0. The van der Waals surface area contributed by atoms with Crippen molar-refractivity contribution in [2.75, 3.05) is 0 Å². The van der Waals surface area contributed by atoms with Gasteiger partial charge in [0.2, 0.25) is 11.8 Å². The van der Waals surface area contributed by atoms with Crippen LogP contribution in [0.4, 0.5) is 0 Å². The molecule has 3 N–H and O–H groups in total. The number of benzene rings is 2. The second-order valence-electron chi connectivity index (χ2n) is 5.55. The average Bonchev–Trinajstić information content (AvgIpc) is 2.44. The Hall–Kier alpha value is -2.36. The third-order valence-electron chi connectivity index (χ3n) is 3.47. The number of primary amides is 1. The fourth-order valence-electron chi connectivity index (χ4n) is 2.32. The van der Waals surface area contributed by atoms with Gasteiger partial charge in [-0.05, 0) is 22.3 Å². The van der Waals surface area contributed by atoms with Gasteiger partial charge in [-0.1, -0.05) is 56.3 Å². The third-order valence-corrected chi connectivity index (χ3v) is 3.47. The number of amides is 2. The standard InChI is InChI=1S/C17H20N2O2/c1-11(2)16(17(18)21)19-15(20)10-12-7-8-13-5-3-4-6-14(13)9-12/h3-9,11,16H,10H2,1-2H3,(H2,18,21)(H,19,20)/t16-/m0/s1. The average molecular weight is 284 g/mol. The van der Waals surface area contributed by atoms with Crippen molar-refractivity contribution < 1.29 is 9.59 Å². The highest BCUT2D eigenvalue weighted by Gasteiger charge is 2.21. The van der Waals surface area contributed by atoms with Gasteiger partial charge >= 0.3 is 0 Å². The molecule has 0 heterocycles. The van der Waals surface area contributed by atoms with E-state index >= 15 is 0 Å². The normalized spacial score (nSPS) is 12.3. The Balaban J connectivity index is 2.08. The summed E-state index contributed by atoms with van der Waals surface area (Å²) in [7, 11) is 0. The van der Waals surface area contributed by atoms with Gasteiger partial charge < -0.3 is 11.1 Å². The first-order valence-electron chi connectivity index (χ1n) is 7.03. The minimum absolute atomic E-state index is 0.0250. The zero-order valence-corrected chi connectivity index (χ0v) is 12.3. The Labute approximate surface area is 124 Å². The molecule has 21 heavy (non-hydrogen) atoms. The topological polar surface area (TPSA) is 72.2 Å². The van der Waals surface area contributed by atoms with Crippen LogP contribution < -0.4 is 11.1 Å². The first kappa shape index (κ1) is 15.0. The quantitative estimate of drug-likeness (QED) is 0.881. The summed E-state index contributed by atoms with van der Waals surface area (Å²) in [6.07, 6.45) is 0.237. The van der Waals surface area contributed by atoms with Crippen molar-refractivity contribution in [2.45, 2.75) is 26.3 Å². The Kier molecular flexibility index (Phi) is 4.58. The number of rotatable bonds is 5. The minimum atomic E-state index is -0.627. The first-order valence-corrected chi connectivity index (χ1v) is 7.03. The predicted molar refractivity (Wildman–Crippen MR) is 83.6 cm³/mol. The molecule has 0 aliphatic rings. The van der Waals surface area contributed by atoms with E-state index in [1.807, 2.05) is 56.3 Å². The molecule has 0 bridgehead atoms. The van der Waals surface area contributed by atoms with Gasteiger partial charge in [0.25, 0.3) is 0 Å². The molecular weight excluding hydrogens is 264 g/mol. The summed E-state index contributed by atoms with van der Waals surface area (Å²) in [5.41, 5.74) is 6.22. The van der Waals surface area contributed by atoms with Crippen LogP contribution in [-0.2, 0) is 16.0 Å². The van der Waals surface area contributed by atoms with Crippen molar-refractivity contribution in [3.05, 3.63) is 48.0 Å². The number of nitrogens with one attached hydrogen (secondary N) is 1. The molecule has 0 aliphatic carbocycles. The number of carbonyl (C=O) groups is 2. The van der Waals surface area contributed by atoms with Crippen molar-refractivity contribution in [2.24, 2.45) is 11.7 Å². The molecule has 2 rings (SSSR count). The maximum absolute atomic E-state index is 12.0. The molecule has 0 saturated carbocycles. The SMILES string of the molecule is CC(C)[C@H](NC(=O)Cc1ccc2ccccc2c1)C(N)=O. The fourth-order valence-corrected chi connectivity index (χ4v) is 2.32. The second kappa shape index (κ2) is 6.39. The molecule has 2 aromatic rings. The highest BCUT2D eigenvalue weighted by molar-refractivity contribution is 5.89. The van der Waals surface area contributed by atoms with Crippen LogP contribution in [0.15, 0.2) is 42.5 Å². The number of hydrogen-bond donors (Lipinski definition) is 2. The fraction of sp³-hybridized carbons (Fsp3) is 0.294. The van der Waals surface area contributed by atoms with Gasteiger partial charge in [0.15, 0.2) is 0 Å². The van der Waals surface area contributed by atoms with Crippen LogP contribution in [0.2, 0.25) is 0 Å². The van der Waals surface area contributed by atoms with Crippen LogP contribution in [0.1, 0.15) is 19.4 Å². The van der Waals surface area contributed by atoms with E-state index in [9.17, 15) is 9.59 Å². The number of nitrogens with two attached hydrogens (primary N) is 1. The van der Waals surface area contributed by atoms with Gasteiger partial charge in [0, 0.05) is 0 Å².